The van der Waals surface area contributed by atoms with E-state index in [2.05, 4.69) is 21.6 Å². The molecule has 1 rings (SSSR count). The molecule has 0 spiro atoms. The maximum atomic E-state index is 12.7. The molecule has 14 heavy (non-hydrogen) atoms. The van der Waals surface area contributed by atoms with Crippen molar-refractivity contribution in [1.82, 2.24) is 9.97 Å². The largest absolute Gasteiger partial charge is 0.400 e. The Balaban J connectivity index is 2.80. The predicted molar refractivity (Wildman–Crippen MR) is 41.4 cm³/mol. The lowest BCUT2D eigenvalue weighted by molar-refractivity contribution is -0.130. The molecule has 0 radical (unpaired) electrons. The first-order valence-corrected chi connectivity index (χ1v) is 3.63. The molecule has 1 N–H and O–H groups in total. The Morgan fingerprint density at radius 2 is 2.00 bits per heavy atom. The van der Waals surface area contributed by atoms with Crippen molar-refractivity contribution < 1.29 is 18.0 Å². The zero-order valence-corrected chi connectivity index (χ0v) is 7.23. The SMILES string of the molecule is O=C(Nc1nccnc1F)C(F)(F)Cl. The molecular formula is C6H3ClF3N3O. The summed E-state index contributed by atoms with van der Waals surface area (Å²) in [5.74, 6) is -3.72. The lowest BCUT2D eigenvalue weighted by Gasteiger charge is -2.07. The number of alkyl halides is 3. The molecule has 8 heteroatoms. The number of hydrogen-bond donors (Lipinski definition) is 1. The third-order valence-electron chi connectivity index (χ3n) is 1.14. The van der Waals surface area contributed by atoms with Crippen LogP contribution < -0.4 is 5.32 Å². The summed E-state index contributed by atoms with van der Waals surface area (Å²) in [4.78, 5) is 16.9. The van der Waals surface area contributed by atoms with Gasteiger partial charge in [-0.3, -0.25) is 4.79 Å². The van der Waals surface area contributed by atoms with E-state index in [4.69, 9.17) is 0 Å². The summed E-state index contributed by atoms with van der Waals surface area (Å²) in [6.07, 6.45) is 2.04. The van der Waals surface area contributed by atoms with E-state index in [9.17, 15) is 18.0 Å². The van der Waals surface area contributed by atoms with E-state index >= 15 is 0 Å². The molecule has 76 valence electrons. The Bertz CT molecular complexity index is 354. The van der Waals surface area contributed by atoms with Gasteiger partial charge in [0.05, 0.1) is 0 Å². The molecule has 0 unspecified atom stereocenters. The minimum Gasteiger partial charge on any atom is -0.300 e. The van der Waals surface area contributed by atoms with Crippen LogP contribution >= 0.6 is 11.6 Å². The highest BCUT2D eigenvalue weighted by atomic mass is 35.5. The molecule has 0 atom stereocenters. The zero-order valence-electron chi connectivity index (χ0n) is 6.47. The average molecular weight is 226 g/mol. The second-order valence-electron chi connectivity index (χ2n) is 2.15. The quantitative estimate of drug-likeness (QED) is 0.774. The number of amides is 1. The number of carbonyl (C=O) groups is 1. The maximum absolute atomic E-state index is 12.7. The van der Waals surface area contributed by atoms with Crippen molar-refractivity contribution >= 4 is 23.3 Å². The van der Waals surface area contributed by atoms with Crippen LogP contribution in [0.25, 0.3) is 0 Å². The number of nitrogens with zero attached hydrogens (tertiary/aromatic N) is 2. The van der Waals surface area contributed by atoms with Crippen LogP contribution in [0.15, 0.2) is 12.4 Å². The summed E-state index contributed by atoms with van der Waals surface area (Å²) in [6, 6.07) is 0. The molecule has 1 amide bonds. The number of rotatable bonds is 2. The molecule has 1 heterocycles. The molecule has 1 aromatic rings. The molecule has 0 saturated carbocycles. The first-order valence-electron chi connectivity index (χ1n) is 3.26. The third kappa shape index (κ3) is 2.56. The number of anilines is 1. The lowest BCUT2D eigenvalue weighted by atomic mass is 10.5. The molecule has 0 aliphatic carbocycles. The Morgan fingerprint density at radius 1 is 1.43 bits per heavy atom. The fourth-order valence-corrected chi connectivity index (χ4v) is 0.631. The topological polar surface area (TPSA) is 54.9 Å². The van der Waals surface area contributed by atoms with Crippen LogP contribution in [0.3, 0.4) is 0 Å². The van der Waals surface area contributed by atoms with Gasteiger partial charge in [-0.15, -0.1) is 0 Å². The van der Waals surface area contributed by atoms with Gasteiger partial charge in [-0.1, -0.05) is 0 Å². The minimum absolute atomic E-state index is 0.696. The summed E-state index contributed by atoms with van der Waals surface area (Å²) in [7, 11) is 0. The van der Waals surface area contributed by atoms with Gasteiger partial charge in [-0.2, -0.15) is 13.2 Å². The summed E-state index contributed by atoms with van der Waals surface area (Å²) in [5, 5.41) is -2.63. The van der Waals surface area contributed by atoms with Crippen molar-refractivity contribution in [2.45, 2.75) is 5.38 Å². The molecule has 0 fully saturated rings. The molecule has 1 aromatic heterocycles. The van der Waals surface area contributed by atoms with E-state index < -0.39 is 23.1 Å². The molecule has 0 aromatic carbocycles. The highest BCUT2D eigenvalue weighted by Gasteiger charge is 2.36. The standard InChI is InChI=1S/C6H3ClF3N3O/c7-6(9,10)5(14)13-4-3(8)11-1-2-12-4/h1-2H,(H,12,13,14). The maximum Gasteiger partial charge on any atom is 0.400 e. The molecule has 0 aliphatic rings. The van der Waals surface area contributed by atoms with Gasteiger partial charge in [0.2, 0.25) is 0 Å². The first kappa shape index (κ1) is 10.7. The second-order valence-corrected chi connectivity index (χ2v) is 2.62. The highest BCUT2D eigenvalue weighted by Crippen LogP contribution is 2.20. The predicted octanol–water partition coefficient (Wildman–Crippen LogP) is 1.39. The summed E-state index contributed by atoms with van der Waals surface area (Å²) in [5.41, 5.74) is 0. The van der Waals surface area contributed by atoms with E-state index in [1.54, 1.807) is 0 Å². The van der Waals surface area contributed by atoms with E-state index in [0.29, 0.717) is 0 Å². The summed E-state index contributed by atoms with van der Waals surface area (Å²) in [6.45, 7) is 0. The van der Waals surface area contributed by atoms with Crippen molar-refractivity contribution in [3.05, 3.63) is 18.3 Å². The van der Waals surface area contributed by atoms with Crippen LogP contribution in [0.4, 0.5) is 19.0 Å². The van der Waals surface area contributed by atoms with E-state index in [-0.39, 0.29) is 0 Å². The summed E-state index contributed by atoms with van der Waals surface area (Å²) >= 11 is 4.37. The van der Waals surface area contributed by atoms with Gasteiger partial charge in [-0.05, 0) is 11.6 Å². The Kier molecular flexibility index (Phi) is 2.90. The van der Waals surface area contributed by atoms with Gasteiger partial charge in [0.1, 0.15) is 0 Å². The van der Waals surface area contributed by atoms with Crippen LogP contribution in [0.1, 0.15) is 0 Å². The van der Waals surface area contributed by atoms with Crippen LogP contribution in [-0.4, -0.2) is 21.3 Å². The fourth-order valence-electron chi connectivity index (χ4n) is 0.583. The molecule has 4 nitrogen and oxygen atoms in total. The molecule has 0 bridgehead atoms. The zero-order chi connectivity index (χ0) is 10.8. The number of carbonyl (C=O) groups excluding carboxylic acids is 1. The van der Waals surface area contributed by atoms with Crippen molar-refractivity contribution in [3.63, 3.8) is 0 Å². The number of aromatic nitrogens is 2. The second kappa shape index (κ2) is 3.79. The van der Waals surface area contributed by atoms with Gasteiger partial charge in [0, 0.05) is 12.4 Å². The van der Waals surface area contributed by atoms with Crippen molar-refractivity contribution in [2.75, 3.05) is 5.32 Å². The Hall–Kier alpha value is -1.37. The minimum atomic E-state index is -4.11. The molecule has 0 aliphatic heterocycles. The lowest BCUT2D eigenvalue weighted by Crippen LogP contribution is -2.29. The summed E-state index contributed by atoms with van der Waals surface area (Å²) < 4.78 is 36.9. The van der Waals surface area contributed by atoms with Gasteiger partial charge >= 0.3 is 11.3 Å². The molecule has 0 saturated heterocycles. The van der Waals surface area contributed by atoms with Crippen molar-refractivity contribution in [1.29, 1.82) is 0 Å². The van der Waals surface area contributed by atoms with Crippen LogP contribution in [0, 0.1) is 5.95 Å². The fraction of sp³-hybridized carbons (Fsp3) is 0.167. The average Bonchev–Trinajstić information content (AvgIpc) is 2.07. The Labute approximate surface area is 81.1 Å². The number of hydrogen-bond acceptors (Lipinski definition) is 3. The van der Waals surface area contributed by atoms with Crippen LogP contribution in [0.5, 0.6) is 0 Å². The van der Waals surface area contributed by atoms with Crippen LogP contribution in [-0.2, 0) is 4.79 Å². The van der Waals surface area contributed by atoms with Gasteiger partial charge in [-0.25, -0.2) is 9.97 Å². The van der Waals surface area contributed by atoms with Gasteiger partial charge in [0.15, 0.2) is 5.82 Å². The van der Waals surface area contributed by atoms with E-state index in [1.807, 2.05) is 0 Å². The first-order chi connectivity index (χ1) is 6.41. The highest BCUT2D eigenvalue weighted by molar-refractivity contribution is 6.33. The smallest absolute Gasteiger partial charge is 0.300 e. The normalized spacial score (nSPS) is 11.1. The third-order valence-corrected chi connectivity index (χ3v) is 1.31. The van der Waals surface area contributed by atoms with Crippen molar-refractivity contribution in [3.8, 4) is 0 Å². The van der Waals surface area contributed by atoms with Crippen LogP contribution in [0.2, 0.25) is 0 Å². The van der Waals surface area contributed by atoms with E-state index in [0.717, 1.165) is 12.4 Å². The van der Waals surface area contributed by atoms with Gasteiger partial charge in [0.25, 0.3) is 5.95 Å². The Morgan fingerprint density at radius 3 is 2.50 bits per heavy atom. The van der Waals surface area contributed by atoms with Gasteiger partial charge < -0.3 is 5.32 Å². The molecular weight excluding hydrogens is 223 g/mol. The van der Waals surface area contributed by atoms with E-state index in [1.165, 1.54) is 5.32 Å². The number of nitrogens with one attached hydrogen (secondary N) is 1. The number of halogens is 4. The monoisotopic (exact) mass is 225 g/mol. The van der Waals surface area contributed by atoms with Crippen molar-refractivity contribution in [2.24, 2.45) is 0 Å².